The molecule has 0 unspecified atom stereocenters. The van der Waals surface area contributed by atoms with E-state index in [0.717, 1.165) is 49.9 Å². The molecule has 0 aromatic carbocycles. The minimum atomic E-state index is 0.725. The zero-order valence-electron chi connectivity index (χ0n) is 11.4. The van der Waals surface area contributed by atoms with E-state index in [0.29, 0.717) is 0 Å². The molecular weight excluding hydrogens is 244 g/mol. The normalized spacial score (nSPS) is 11.1. The van der Waals surface area contributed by atoms with Crippen LogP contribution in [0, 0.1) is 0 Å². The molecule has 0 saturated heterocycles. The number of aromatic nitrogens is 3. The Labute approximate surface area is 112 Å². The molecule has 0 amide bonds. The van der Waals surface area contributed by atoms with Crippen molar-refractivity contribution in [3.63, 3.8) is 0 Å². The summed E-state index contributed by atoms with van der Waals surface area (Å²) >= 11 is 0. The lowest BCUT2D eigenvalue weighted by molar-refractivity contribution is 0.199. The summed E-state index contributed by atoms with van der Waals surface area (Å²) < 4.78 is 12.5. The molecule has 2 rings (SSSR count). The number of rotatable bonds is 8. The van der Waals surface area contributed by atoms with Crippen LogP contribution >= 0.6 is 0 Å². The summed E-state index contributed by atoms with van der Waals surface area (Å²) in [6, 6.07) is 0. The Hall–Kier alpha value is -1.66. The van der Waals surface area contributed by atoms with Crippen molar-refractivity contribution in [3.05, 3.63) is 24.6 Å². The number of aryl methyl sites for hydroxylation is 2. The van der Waals surface area contributed by atoms with Gasteiger partial charge in [0.2, 0.25) is 0 Å². The lowest BCUT2D eigenvalue weighted by Crippen LogP contribution is -2.20. The Morgan fingerprint density at radius 1 is 1.37 bits per heavy atom. The van der Waals surface area contributed by atoms with E-state index >= 15 is 0 Å². The Morgan fingerprint density at radius 2 is 2.26 bits per heavy atom. The molecule has 0 spiro atoms. The molecule has 6 heteroatoms. The highest BCUT2D eigenvalue weighted by Gasteiger charge is 2.08. The van der Waals surface area contributed by atoms with E-state index < -0.39 is 0 Å². The molecule has 1 N–H and O–H groups in total. The quantitative estimate of drug-likeness (QED) is 0.727. The largest absolute Gasteiger partial charge is 0.439 e. The molecule has 0 aliphatic heterocycles. The monoisotopic (exact) mass is 264 g/mol. The third kappa shape index (κ3) is 4.18. The van der Waals surface area contributed by atoms with E-state index in [1.54, 1.807) is 19.6 Å². The van der Waals surface area contributed by atoms with Crippen molar-refractivity contribution in [2.24, 2.45) is 7.05 Å². The van der Waals surface area contributed by atoms with Crippen LogP contribution in [0.3, 0.4) is 0 Å². The Morgan fingerprint density at radius 3 is 3.00 bits per heavy atom. The van der Waals surface area contributed by atoms with E-state index in [9.17, 15) is 0 Å². The molecule has 0 atom stereocenters. The van der Waals surface area contributed by atoms with Crippen molar-refractivity contribution in [3.8, 4) is 11.5 Å². The first-order chi connectivity index (χ1) is 9.29. The van der Waals surface area contributed by atoms with Crippen molar-refractivity contribution in [1.82, 2.24) is 19.9 Å². The van der Waals surface area contributed by atoms with Gasteiger partial charge in [0.05, 0.1) is 19.1 Å². The highest BCUT2D eigenvalue weighted by atomic mass is 16.5. The fraction of sp³-hybridized carbons (Fsp3) is 0.538. The van der Waals surface area contributed by atoms with Gasteiger partial charge in [-0.25, -0.2) is 9.97 Å². The molecule has 0 aliphatic rings. The lowest BCUT2D eigenvalue weighted by atomic mass is 10.3. The molecule has 0 radical (unpaired) electrons. The summed E-state index contributed by atoms with van der Waals surface area (Å²) in [7, 11) is 3.63. The lowest BCUT2D eigenvalue weighted by Gasteiger charge is -2.01. The SMILES string of the molecule is COCCNCCCc1ncc(-c2cn(C)cn2)o1. The summed E-state index contributed by atoms with van der Waals surface area (Å²) in [6.45, 7) is 2.55. The standard InChI is InChI=1S/C13H20N4O2/c1-17-9-11(16-10-17)12-8-15-13(19-12)4-3-5-14-6-7-18-2/h8-10,14H,3-7H2,1-2H3. The van der Waals surface area contributed by atoms with Crippen LogP contribution in [0.1, 0.15) is 12.3 Å². The number of oxazole rings is 1. The van der Waals surface area contributed by atoms with Gasteiger partial charge in [-0.3, -0.25) is 0 Å². The van der Waals surface area contributed by atoms with Gasteiger partial charge < -0.3 is 19.0 Å². The maximum absolute atomic E-state index is 5.67. The van der Waals surface area contributed by atoms with Gasteiger partial charge in [0.1, 0.15) is 5.69 Å². The van der Waals surface area contributed by atoms with Gasteiger partial charge in [0.15, 0.2) is 11.7 Å². The maximum atomic E-state index is 5.67. The van der Waals surface area contributed by atoms with Gasteiger partial charge in [-0.1, -0.05) is 0 Å². The van der Waals surface area contributed by atoms with Crippen LogP contribution in [0.15, 0.2) is 23.1 Å². The average molecular weight is 264 g/mol. The minimum absolute atomic E-state index is 0.725. The summed E-state index contributed by atoms with van der Waals surface area (Å²) in [5.74, 6) is 1.48. The fourth-order valence-electron chi connectivity index (χ4n) is 1.75. The van der Waals surface area contributed by atoms with Crippen molar-refractivity contribution in [2.45, 2.75) is 12.8 Å². The first-order valence-corrected chi connectivity index (χ1v) is 6.42. The summed E-state index contributed by atoms with van der Waals surface area (Å²) in [4.78, 5) is 8.50. The van der Waals surface area contributed by atoms with Crippen LogP contribution < -0.4 is 5.32 Å². The summed E-state index contributed by atoms with van der Waals surface area (Å²) in [5, 5.41) is 3.29. The smallest absolute Gasteiger partial charge is 0.195 e. The molecule has 19 heavy (non-hydrogen) atoms. The first-order valence-electron chi connectivity index (χ1n) is 6.42. The van der Waals surface area contributed by atoms with Crippen molar-refractivity contribution in [2.75, 3.05) is 26.8 Å². The molecule has 2 aromatic heterocycles. The third-order valence-electron chi connectivity index (χ3n) is 2.74. The van der Waals surface area contributed by atoms with E-state index in [1.165, 1.54) is 0 Å². The minimum Gasteiger partial charge on any atom is -0.439 e. The highest BCUT2D eigenvalue weighted by molar-refractivity contribution is 5.48. The number of hydrogen-bond donors (Lipinski definition) is 1. The third-order valence-corrected chi connectivity index (χ3v) is 2.74. The number of nitrogens with one attached hydrogen (secondary N) is 1. The number of imidazole rings is 1. The molecule has 2 heterocycles. The zero-order valence-corrected chi connectivity index (χ0v) is 11.4. The molecule has 0 bridgehead atoms. The molecule has 0 saturated carbocycles. The maximum Gasteiger partial charge on any atom is 0.195 e. The Bertz CT molecular complexity index is 492. The van der Waals surface area contributed by atoms with E-state index in [-0.39, 0.29) is 0 Å². The van der Waals surface area contributed by atoms with Crippen LogP contribution in [0.4, 0.5) is 0 Å². The molecule has 0 fully saturated rings. The zero-order chi connectivity index (χ0) is 13.5. The Balaban J connectivity index is 1.75. The van der Waals surface area contributed by atoms with Crippen LogP contribution in [0.2, 0.25) is 0 Å². The summed E-state index contributed by atoms with van der Waals surface area (Å²) in [6.07, 6.45) is 7.21. The van der Waals surface area contributed by atoms with Crippen molar-refractivity contribution in [1.29, 1.82) is 0 Å². The van der Waals surface area contributed by atoms with Crippen molar-refractivity contribution >= 4 is 0 Å². The second kappa shape index (κ2) is 7.06. The number of nitrogens with zero attached hydrogens (tertiary/aromatic N) is 3. The van der Waals surface area contributed by atoms with Gasteiger partial charge >= 0.3 is 0 Å². The van der Waals surface area contributed by atoms with Gasteiger partial charge in [0.25, 0.3) is 0 Å². The second-order valence-corrected chi connectivity index (χ2v) is 4.39. The van der Waals surface area contributed by atoms with E-state index in [1.807, 2.05) is 17.8 Å². The predicted octanol–water partition coefficient (Wildman–Crippen LogP) is 1.24. The van der Waals surface area contributed by atoms with Crippen molar-refractivity contribution < 1.29 is 9.15 Å². The number of ether oxygens (including phenoxy) is 1. The van der Waals surface area contributed by atoms with E-state index in [2.05, 4.69) is 15.3 Å². The molecule has 104 valence electrons. The Kier molecular flexibility index (Phi) is 5.11. The first kappa shape index (κ1) is 13.8. The highest BCUT2D eigenvalue weighted by Crippen LogP contribution is 2.18. The van der Waals surface area contributed by atoms with Gasteiger partial charge in [0, 0.05) is 33.3 Å². The molecular formula is C13H20N4O2. The van der Waals surface area contributed by atoms with Gasteiger partial charge in [-0.15, -0.1) is 0 Å². The second-order valence-electron chi connectivity index (χ2n) is 4.39. The topological polar surface area (TPSA) is 65.1 Å². The van der Waals surface area contributed by atoms with Crippen LogP contribution in [-0.4, -0.2) is 41.3 Å². The van der Waals surface area contributed by atoms with Crippen LogP contribution in [0.5, 0.6) is 0 Å². The fourth-order valence-corrected chi connectivity index (χ4v) is 1.75. The van der Waals surface area contributed by atoms with Gasteiger partial charge in [-0.2, -0.15) is 0 Å². The van der Waals surface area contributed by atoms with Crippen LogP contribution in [-0.2, 0) is 18.2 Å². The number of methoxy groups -OCH3 is 1. The molecule has 2 aromatic rings. The summed E-state index contributed by atoms with van der Waals surface area (Å²) in [5.41, 5.74) is 0.819. The predicted molar refractivity (Wildman–Crippen MR) is 71.8 cm³/mol. The molecule has 6 nitrogen and oxygen atoms in total. The molecule has 0 aliphatic carbocycles. The van der Waals surface area contributed by atoms with E-state index in [4.69, 9.17) is 9.15 Å². The number of hydrogen-bond acceptors (Lipinski definition) is 5. The van der Waals surface area contributed by atoms with Gasteiger partial charge in [-0.05, 0) is 13.0 Å². The average Bonchev–Trinajstić information content (AvgIpc) is 3.02. The van der Waals surface area contributed by atoms with Crippen LogP contribution in [0.25, 0.3) is 11.5 Å².